The van der Waals surface area contributed by atoms with Gasteiger partial charge in [0.05, 0.1) is 0 Å². The molecule has 15 heavy (non-hydrogen) atoms. The standard InChI is InChI=1S/C12H12N2O/c1-14-10-6-3-2-5-9(10)12(11(14)15)7-4-8-13-12/h2-7,13H,8H2,1H3. The Morgan fingerprint density at radius 2 is 2.20 bits per heavy atom. The van der Waals surface area contributed by atoms with Crippen LogP contribution in [-0.2, 0) is 10.3 Å². The molecule has 1 amide bonds. The number of hydrogen-bond acceptors (Lipinski definition) is 2. The van der Waals surface area contributed by atoms with Crippen molar-refractivity contribution in [2.24, 2.45) is 0 Å². The monoisotopic (exact) mass is 200 g/mol. The highest BCUT2D eigenvalue weighted by Gasteiger charge is 2.48. The van der Waals surface area contributed by atoms with Crippen LogP contribution < -0.4 is 10.2 Å². The third kappa shape index (κ3) is 0.908. The fourth-order valence-corrected chi connectivity index (χ4v) is 2.44. The van der Waals surface area contributed by atoms with Crippen LogP contribution in [0.15, 0.2) is 36.4 Å². The summed E-state index contributed by atoms with van der Waals surface area (Å²) in [7, 11) is 1.82. The number of hydrogen-bond donors (Lipinski definition) is 1. The zero-order valence-corrected chi connectivity index (χ0v) is 8.53. The maximum atomic E-state index is 12.2. The van der Waals surface area contributed by atoms with Crippen LogP contribution in [0.1, 0.15) is 5.56 Å². The molecule has 1 aromatic rings. The summed E-state index contributed by atoms with van der Waals surface area (Å²) in [6, 6.07) is 7.93. The number of para-hydroxylation sites is 1. The van der Waals surface area contributed by atoms with Crippen molar-refractivity contribution in [3.8, 4) is 0 Å². The van der Waals surface area contributed by atoms with Crippen LogP contribution in [0.25, 0.3) is 0 Å². The molecule has 0 aromatic heterocycles. The molecule has 1 atom stereocenters. The molecule has 3 nitrogen and oxygen atoms in total. The summed E-state index contributed by atoms with van der Waals surface area (Å²) in [5, 5.41) is 3.27. The van der Waals surface area contributed by atoms with Gasteiger partial charge in [-0.25, -0.2) is 0 Å². The third-order valence-corrected chi connectivity index (χ3v) is 3.20. The van der Waals surface area contributed by atoms with Gasteiger partial charge in [0.25, 0.3) is 5.91 Å². The topological polar surface area (TPSA) is 32.3 Å². The molecule has 1 spiro atoms. The van der Waals surface area contributed by atoms with Crippen molar-refractivity contribution < 1.29 is 4.79 Å². The van der Waals surface area contributed by atoms with E-state index in [4.69, 9.17) is 0 Å². The Morgan fingerprint density at radius 1 is 1.40 bits per heavy atom. The third-order valence-electron chi connectivity index (χ3n) is 3.20. The lowest BCUT2D eigenvalue weighted by molar-refractivity contribution is -0.122. The van der Waals surface area contributed by atoms with E-state index in [-0.39, 0.29) is 5.91 Å². The summed E-state index contributed by atoms with van der Waals surface area (Å²) in [6.07, 6.45) is 3.98. The van der Waals surface area contributed by atoms with Gasteiger partial charge in [-0.1, -0.05) is 30.4 Å². The Kier molecular flexibility index (Phi) is 1.56. The highest BCUT2D eigenvalue weighted by Crippen LogP contribution is 2.41. The molecule has 3 rings (SSSR count). The number of amides is 1. The van der Waals surface area contributed by atoms with Crippen LogP contribution in [0, 0.1) is 0 Å². The number of carbonyl (C=O) groups is 1. The molecule has 3 heteroatoms. The number of anilines is 1. The Bertz CT molecular complexity index is 466. The average molecular weight is 200 g/mol. The number of fused-ring (bicyclic) bond motifs is 2. The van der Waals surface area contributed by atoms with E-state index < -0.39 is 5.54 Å². The van der Waals surface area contributed by atoms with Crippen LogP contribution >= 0.6 is 0 Å². The smallest absolute Gasteiger partial charge is 0.255 e. The van der Waals surface area contributed by atoms with Crippen molar-refractivity contribution in [3.05, 3.63) is 42.0 Å². The van der Waals surface area contributed by atoms with Gasteiger partial charge in [-0.3, -0.25) is 10.1 Å². The van der Waals surface area contributed by atoms with Gasteiger partial charge in [-0.05, 0) is 6.07 Å². The van der Waals surface area contributed by atoms with Crippen molar-refractivity contribution in [3.63, 3.8) is 0 Å². The van der Waals surface area contributed by atoms with Crippen molar-refractivity contribution in [1.29, 1.82) is 0 Å². The predicted octanol–water partition coefficient (Wildman–Crippen LogP) is 1.02. The number of rotatable bonds is 0. The molecule has 1 N–H and O–H groups in total. The summed E-state index contributed by atoms with van der Waals surface area (Å²) in [5.74, 6) is 0.109. The van der Waals surface area contributed by atoms with Gasteiger partial charge in [0, 0.05) is 24.8 Å². The van der Waals surface area contributed by atoms with Crippen LogP contribution in [0.5, 0.6) is 0 Å². The molecule has 0 aliphatic carbocycles. The van der Waals surface area contributed by atoms with E-state index in [2.05, 4.69) is 5.32 Å². The highest BCUT2D eigenvalue weighted by atomic mass is 16.2. The first-order valence-corrected chi connectivity index (χ1v) is 5.06. The van der Waals surface area contributed by atoms with E-state index >= 15 is 0 Å². The molecular formula is C12H12N2O. The first kappa shape index (κ1) is 8.68. The van der Waals surface area contributed by atoms with Gasteiger partial charge < -0.3 is 4.90 Å². The SMILES string of the molecule is CN1C(=O)C2(C=CCN2)c2ccccc21. The summed E-state index contributed by atoms with van der Waals surface area (Å²) < 4.78 is 0. The Balaban J connectivity index is 2.27. The molecule has 0 radical (unpaired) electrons. The lowest BCUT2D eigenvalue weighted by atomic mass is 9.93. The Morgan fingerprint density at radius 3 is 2.93 bits per heavy atom. The maximum Gasteiger partial charge on any atom is 0.255 e. The van der Waals surface area contributed by atoms with E-state index in [1.807, 2.05) is 43.5 Å². The van der Waals surface area contributed by atoms with E-state index in [1.54, 1.807) is 4.90 Å². The highest BCUT2D eigenvalue weighted by molar-refractivity contribution is 6.09. The van der Waals surface area contributed by atoms with E-state index in [0.29, 0.717) is 0 Å². The Labute approximate surface area is 88.4 Å². The van der Waals surface area contributed by atoms with Crippen LogP contribution in [0.3, 0.4) is 0 Å². The molecule has 0 saturated carbocycles. The lowest BCUT2D eigenvalue weighted by Gasteiger charge is -2.21. The number of carbonyl (C=O) groups excluding carboxylic acids is 1. The number of nitrogens with zero attached hydrogens (tertiary/aromatic N) is 1. The van der Waals surface area contributed by atoms with E-state index in [1.165, 1.54) is 0 Å². The molecule has 1 aromatic carbocycles. The normalized spacial score (nSPS) is 27.8. The number of likely N-dealkylation sites (N-methyl/N-ethyl adjacent to an activating group) is 1. The molecule has 2 aliphatic rings. The average Bonchev–Trinajstić information content (AvgIpc) is 2.83. The molecule has 2 heterocycles. The second-order valence-electron chi connectivity index (χ2n) is 3.97. The van der Waals surface area contributed by atoms with E-state index in [9.17, 15) is 4.79 Å². The van der Waals surface area contributed by atoms with Gasteiger partial charge in [0.1, 0.15) is 5.54 Å². The summed E-state index contributed by atoms with van der Waals surface area (Å²) in [5.41, 5.74) is 1.47. The van der Waals surface area contributed by atoms with Gasteiger partial charge in [0.15, 0.2) is 0 Å². The fourth-order valence-electron chi connectivity index (χ4n) is 2.44. The van der Waals surface area contributed by atoms with Gasteiger partial charge in [0.2, 0.25) is 0 Å². The molecule has 1 unspecified atom stereocenters. The fraction of sp³-hybridized carbons (Fsp3) is 0.250. The molecule has 76 valence electrons. The molecule has 2 aliphatic heterocycles. The van der Waals surface area contributed by atoms with E-state index in [0.717, 1.165) is 17.8 Å². The maximum absolute atomic E-state index is 12.2. The molecule has 0 saturated heterocycles. The minimum atomic E-state index is -0.592. The quantitative estimate of drug-likeness (QED) is 0.634. The molecular weight excluding hydrogens is 188 g/mol. The first-order valence-electron chi connectivity index (χ1n) is 5.06. The minimum absolute atomic E-state index is 0.109. The second kappa shape index (κ2) is 2.70. The van der Waals surface area contributed by atoms with Crippen molar-refractivity contribution in [2.45, 2.75) is 5.54 Å². The zero-order chi connectivity index (χ0) is 10.5. The summed E-state index contributed by atoms with van der Waals surface area (Å²) >= 11 is 0. The van der Waals surface area contributed by atoms with Crippen LogP contribution in [0.2, 0.25) is 0 Å². The second-order valence-corrected chi connectivity index (χ2v) is 3.97. The van der Waals surface area contributed by atoms with Crippen LogP contribution in [0.4, 0.5) is 5.69 Å². The summed E-state index contributed by atoms with van der Waals surface area (Å²) in [4.78, 5) is 13.9. The zero-order valence-electron chi connectivity index (χ0n) is 8.53. The Hall–Kier alpha value is -1.61. The largest absolute Gasteiger partial charge is 0.313 e. The van der Waals surface area contributed by atoms with Crippen LogP contribution in [-0.4, -0.2) is 19.5 Å². The van der Waals surface area contributed by atoms with Gasteiger partial charge >= 0.3 is 0 Å². The molecule has 0 fully saturated rings. The van der Waals surface area contributed by atoms with Crippen molar-refractivity contribution in [1.82, 2.24) is 5.32 Å². The van der Waals surface area contributed by atoms with Gasteiger partial charge in [-0.15, -0.1) is 0 Å². The minimum Gasteiger partial charge on any atom is -0.313 e. The van der Waals surface area contributed by atoms with Crippen molar-refractivity contribution in [2.75, 3.05) is 18.5 Å². The predicted molar refractivity (Wildman–Crippen MR) is 58.7 cm³/mol. The van der Waals surface area contributed by atoms with Crippen molar-refractivity contribution >= 4 is 11.6 Å². The lowest BCUT2D eigenvalue weighted by Crippen LogP contribution is -2.45. The first-order chi connectivity index (χ1) is 7.26. The number of benzene rings is 1. The molecule has 0 bridgehead atoms. The summed E-state index contributed by atoms with van der Waals surface area (Å²) in [6.45, 7) is 0.758. The number of nitrogens with one attached hydrogen (secondary N) is 1. The van der Waals surface area contributed by atoms with Gasteiger partial charge in [-0.2, -0.15) is 0 Å².